The summed E-state index contributed by atoms with van der Waals surface area (Å²) in [5.41, 5.74) is 0.853. The summed E-state index contributed by atoms with van der Waals surface area (Å²) in [4.78, 5) is 8.33. The number of nitrogens with one attached hydrogen (secondary N) is 1. The third-order valence-electron chi connectivity index (χ3n) is 1.78. The predicted molar refractivity (Wildman–Crippen MR) is 53.6 cm³/mol. The Morgan fingerprint density at radius 3 is 2.64 bits per heavy atom. The molecule has 1 rings (SSSR count). The normalized spacial score (nSPS) is 10.0. The maximum atomic E-state index is 8.63. The summed E-state index contributed by atoms with van der Waals surface area (Å²) in [6.45, 7) is 3.90. The van der Waals surface area contributed by atoms with Crippen molar-refractivity contribution >= 4 is 5.82 Å². The van der Waals surface area contributed by atoms with Gasteiger partial charge in [-0.15, -0.1) is 0 Å². The van der Waals surface area contributed by atoms with Gasteiger partial charge >= 0.3 is 0 Å². The van der Waals surface area contributed by atoms with Crippen LogP contribution in [0.25, 0.3) is 0 Å². The maximum absolute atomic E-state index is 8.63. The molecule has 0 fully saturated rings. The molecule has 0 radical (unpaired) electrons. The molecule has 14 heavy (non-hydrogen) atoms. The molecule has 78 valence electrons. The number of rotatable bonds is 4. The second kappa shape index (κ2) is 4.76. The van der Waals surface area contributed by atoms with Gasteiger partial charge in [-0.3, -0.25) is 0 Å². The average molecular weight is 197 g/mol. The summed E-state index contributed by atoms with van der Waals surface area (Å²) < 4.78 is 5.27. The zero-order chi connectivity index (χ0) is 10.6. The van der Waals surface area contributed by atoms with Gasteiger partial charge in [0.15, 0.2) is 0 Å². The van der Waals surface area contributed by atoms with Crippen LogP contribution in [0.1, 0.15) is 11.4 Å². The van der Waals surface area contributed by atoms with Crippen molar-refractivity contribution in [2.75, 3.05) is 25.6 Å². The van der Waals surface area contributed by atoms with Crippen LogP contribution in [0, 0.1) is 13.8 Å². The molecule has 0 saturated carbocycles. The highest BCUT2D eigenvalue weighted by atomic mass is 16.5. The third kappa shape index (κ3) is 2.32. The van der Waals surface area contributed by atoms with Gasteiger partial charge in [-0.05, 0) is 13.8 Å². The Morgan fingerprint density at radius 2 is 2.07 bits per heavy atom. The highest BCUT2D eigenvalue weighted by Gasteiger charge is 2.08. The van der Waals surface area contributed by atoms with E-state index >= 15 is 0 Å². The van der Waals surface area contributed by atoms with Gasteiger partial charge in [-0.1, -0.05) is 0 Å². The fourth-order valence-corrected chi connectivity index (χ4v) is 1.13. The molecule has 0 spiro atoms. The van der Waals surface area contributed by atoms with E-state index in [1.807, 2.05) is 6.92 Å². The topological polar surface area (TPSA) is 67.3 Å². The quantitative estimate of drug-likeness (QED) is 0.736. The molecule has 0 atom stereocenters. The smallest absolute Gasteiger partial charge is 0.221 e. The van der Waals surface area contributed by atoms with Gasteiger partial charge in [-0.25, -0.2) is 4.98 Å². The lowest BCUT2D eigenvalue weighted by molar-refractivity contribution is 0.195. The van der Waals surface area contributed by atoms with Gasteiger partial charge < -0.3 is 15.2 Å². The lowest BCUT2D eigenvalue weighted by atomic mass is 10.3. The lowest BCUT2D eigenvalue weighted by Gasteiger charge is -2.10. The standard InChI is InChI=1S/C9H15N3O2/c1-6-8(10-3)11-7(2)12-9(6)14-5-4-13/h13H,4-5H2,1-3H3,(H,10,11,12). The van der Waals surface area contributed by atoms with Gasteiger partial charge in [-0.2, -0.15) is 4.98 Å². The zero-order valence-electron chi connectivity index (χ0n) is 8.66. The van der Waals surface area contributed by atoms with Gasteiger partial charge in [0.25, 0.3) is 0 Å². The Hall–Kier alpha value is -1.36. The van der Waals surface area contributed by atoms with E-state index in [1.165, 1.54) is 0 Å². The number of aliphatic hydroxyl groups is 1. The first-order valence-electron chi connectivity index (χ1n) is 4.45. The minimum absolute atomic E-state index is 0.0165. The molecule has 0 aliphatic carbocycles. The van der Waals surface area contributed by atoms with Crippen molar-refractivity contribution in [3.63, 3.8) is 0 Å². The van der Waals surface area contributed by atoms with Crippen molar-refractivity contribution in [1.29, 1.82) is 0 Å². The Balaban J connectivity index is 2.96. The molecule has 0 amide bonds. The molecule has 0 aliphatic rings. The first kappa shape index (κ1) is 10.7. The predicted octanol–water partition coefficient (Wildman–Crippen LogP) is 0.506. The molecule has 0 unspecified atom stereocenters. The minimum atomic E-state index is -0.0165. The molecule has 2 N–H and O–H groups in total. The number of anilines is 1. The first-order valence-corrected chi connectivity index (χ1v) is 4.45. The Morgan fingerprint density at radius 1 is 1.36 bits per heavy atom. The summed E-state index contributed by atoms with van der Waals surface area (Å²) in [6.07, 6.45) is 0. The van der Waals surface area contributed by atoms with Crippen LogP contribution in [-0.2, 0) is 0 Å². The fraction of sp³-hybridized carbons (Fsp3) is 0.556. The van der Waals surface area contributed by atoms with Crippen LogP contribution >= 0.6 is 0 Å². The van der Waals surface area contributed by atoms with Crippen molar-refractivity contribution in [3.8, 4) is 5.88 Å². The van der Waals surface area contributed by atoms with Gasteiger partial charge in [0.05, 0.1) is 12.2 Å². The maximum Gasteiger partial charge on any atom is 0.221 e. The number of hydrogen-bond donors (Lipinski definition) is 2. The molecular formula is C9H15N3O2. The Bertz CT molecular complexity index is 315. The van der Waals surface area contributed by atoms with E-state index in [2.05, 4.69) is 15.3 Å². The van der Waals surface area contributed by atoms with Crippen molar-refractivity contribution in [1.82, 2.24) is 9.97 Å². The number of ether oxygens (including phenoxy) is 1. The highest BCUT2D eigenvalue weighted by molar-refractivity contribution is 5.47. The Kier molecular flexibility index (Phi) is 3.64. The molecule has 5 heteroatoms. The number of nitrogens with zero attached hydrogens (tertiary/aromatic N) is 2. The number of aromatic nitrogens is 2. The monoisotopic (exact) mass is 197 g/mol. The number of hydrogen-bond acceptors (Lipinski definition) is 5. The molecule has 1 heterocycles. The third-order valence-corrected chi connectivity index (χ3v) is 1.78. The van der Waals surface area contributed by atoms with E-state index < -0.39 is 0 Å². The van der Waals surface area contributed by atoms with Crippen molar-refractivity contribution in [2.24, 2.45) is 0 Å². The van der Waals surface area contributed by atoms with Crippen LogP contribution in [0.15, 0.2) is 0 Å². The summed E-state index contributed by atoms with van der Waals surface area (Å²) in [5.74, 6) is 1.93. The average Bonchev–Trinajstić information content (AvgIpc) is 2.18. The molecule has 1 aromatic heterocycles. The van der Waals surface area contributed by atoms with Crippen LogP contribution in [0.4, 0.5) is 5.82 Å². The van der Waals surface area contributed by atoms with Crippen LogP contribution in [0.2, 0.25) is 0 Å². The Labute approximate surface area is 83.2 Å². The van der Waals surface area contributed by atoms with Gasteiger partial charge in [0.1, 0.15) is 18.2 Å². The molecule has 0 bridgehead atoms. The first-order chi connectivity index (χ1) is 6.69. The molecular weight excluding hydrogens is 182 g/mol. The largest absolute Gasteiger partial charge is 0.475 e. The van der Waals surface area contributed by atoms with Crippen LogP contribution in [0.3, 0.4) is 0 Å². The zero-order valence-corrected chi connectivity index (χ0v) is 8.66. The highest BCUT2D eigenvalue weighted by Crippen LogP contribution is 2.20. The van der Waals surface area contributed by atoms with Crippen molar-refractivity contribution < 1.29 is 9.84 Å². The van der Waals surface area contributed by atoms with E-state index in [-0.39, 0.29) is 13.2 Å². The summed E-state index contributed by atoms with van der Waals surface area (Å²) >= 11 is 0. The summed E-state index contributed by atoms with van der Waals surface area (Å²) in [7, 11) is 1.80. The fourth-order valence-electron chi connectivity index (χ4n) is 1.13. The number of aliphatic hydroxyl groups excluding tert-OH is 1. The van der Waals surface area contributed by atoms with Crippen LogP contribution in [0.5, 0.6) is 5.88 Å². The lowest BCUT2D eigenvalue weighted by Crippen LogP contribution is -2.08. The van der Waals surface area contributed by atoms with Gasteiger partial charge in [0, 0.05) is 7.05 Å². The molecule has 5 nitrogen and oxygen atoms in total. The summed E-state index contributed by atoms with van der Waals surface area (Å²) in [5, 5.41) is 11.6. The van der Waals surface area contributed by atoms with Crippen LogP contribution in [-0.4, -0.2) is 35.3 Å². The van der Waals surface area contributed by atoms with E-state index in [0.29, 0.717) is 11.7 Å². The molecule has 0 saturated heterocycles. The second-order valence-electron chi connectivity index (χ2n) is 2.87. The van der Waals surface area contributed by atoms with Crippen LogP contribution < -0.4 is 10.1 Å². The molecule has 0 aliphatic heterocycles. The van der Waals surface area contributed by atoms with E-state index in [0.717, 1.165) is 11.4 Å². The second-order valence-corrected chi connectivity index (χ2v) is 2.87. The van der Waals surface area contributed by atoms with Crippen molar-refractivity contribution in [2.45, 2.75) is 13.8 Å². The van der Waals surface area contributed by atoms with E-state index in [4.69, 9.17) is 9.84 Å². The number of aryl methyl sites for hydroxylation is 1. The summed E-state index contributed by atoms with van der Waals surface area (Å²) in [6, 6.07) is 0. The van der Waals surface area contributed by atoms with Crippen molar-refractivity contribution in [3.05, 3.63) is 11.4 Å². The SMILES string of the molecule is CNc1nc(C)nc(OCCO)c1C. The van der Waals surface area contributed by atoms with Gasteiger partial charge in [0.2, 0.25) is 5.88 Å². The van der Waals surface area contributed by atoms with E-state index in [1.54, 1.807) is 14.0 Å². The molecule has 1 aromatic rings. The molecule has 0 aromatic carbocycles. The van der Waals surface area contributed by atoms with E-state index in [9.17, 15) is 0 Å². The minimum Gasteiger partial charge on any atom is -0.475 e.